The van der Waals surface area contributed by atoms with Crippen molar-refractivity contribution in [3.8, 4) is 28.6 Å². The minimum atomic E-state index is -0.760. The summed E-state index contributed by atoms with van der Waals surface area (Å²) in [6.45, 7) is 10.1. The third kappa shape index (κ3) is 4.71. The Morgan fingerprint density at radius 2 is 1.79 bits per heavy atom. The van der Waals surface area contributed by atoms with Gasteiger partial charge >= 0.3 is 0 Å². The molecule has 2 aromatic carbocycles. The number of furan rings is 1. The van der Waals surface area contributed by atoms with Crippen molar-refractivity contribution in [1.82, 2.24) is 0 Å². The number of phenols is 2. The molecule has 0 saturated heterocycles. The van der Waals surface area contributed by atoms with E-state index in [2.05, 4.69) is 26.0 Å². The van der Waals surface area contributed by atoms with Crippen LogP contribution in [0.2, 0.25) is 0 Å². The van der Waals surface area contributed by atoms with E-state index in [1.54, 1.807) is 18.2 Å². The normalized spacial score (nSPS) is 19.4. The molecule has 0 aliphatic carbocycles. The van der Waals surface area contributed by atoms with Crippen LogP contribution in [0.3, 0.4) is 0 Å². The summed E-state index contributed by atoms with van der Waals surface area (Å²) >= 11 is 0. The topological polar surface area (TPSA) is 83.1 Å². The lowest BCUT2D eigenvalue weighted by Crippen LogP contribution is -2.49. The number of ether oxygens (including phenoxy) is 1. The van der Waals surface area contributed by atoms with E-state index in [-0.39, 0.29) is 11.5 Å². The highest BCUT2D eigenvalue weighted by Crippen LogP contribution is 2.46. The van der Waals surface area contributed by atoms with Gasteiger partial charge in [-0.2, -0.15) is 0 Å². The summed E-state index contributed by atoms with van der Waals surface area (Å²) in [5.74, 6) is 1.44. The number of fused-ring (bicyclic) bond motifs is 2. The Morgan fingerprint density at radius 3 is 2.50 bits per heavy atom. The molecule has 1 aliphatic rings. The second-order valence-electron chi connectivity index (χ2n) is 10.0. The van der Waals surface area contributed by atoms with Crippen molar-refractivity contribution in [3.05, 3.63) is 64.8 Å². The molecular formula is C29H34O5. The number of rotatable bonds is 6. The van der Waals surface area contributed by atoms with Crippen LogP contribution in [0.25, 0.3) is 22.3 Å². The maximum absolute atomic E-state index is 11.3. The van der Waals surface area contributed by atoms with Gasteiger partial charge in [-0.15, -0.1) is 0 Å². The molecule has 0 spiro atoms. The summed E-state index contributed by atoms with van der Waals surface area (Å²) in [5, 5.41) is 33.0. The number of aliphatic hydroxyl groups is 1. The Balaban J connectivity index is 1.82. The van der Waals surface area contributed by atoms with Crippen LogP contribution in [0.1, 0.15) is 58.6 Å². The number of allylic oxidation sites excluding steroid dienone is 4. The summed E-state index contributed by atoms with van der Waals surface area (Å²) in [5.41, 5.74) is 4.28. The van der Waals surface area contributed by atoms with Gasteiger partial charge in [0.25, 0.3) is 0 Å². The van der Waals surface area contributed by atoms with E-state index in [1.165, 1.54) is 5.57 Å². The minimum absolute atomic E-state index is 0.135. The predicted octanol–water partition coefficient (Wildman–Crippen LogP) is 6.82. The van der Waals surface area contributed by atoms with Gasteiger partial charge in [-0.05, 0) is 78.1 Å². The van der Waals surface area contributed by atoms with E-state index in [0.717, 1.165) is 28.5 Å². The fourth-order valence-electron chi connectivity index (χ4n) is 4.50. The van der Waals surface area contributed by atoms with Gasteiger partial charge in [0, 0.05) is 34.6 Å². The number of phenolic OH excluding ortho intramolecular Hbond substituents is 2. The highest BCUT2D eigenvalue weighted by Gasteiger charge is 2.41. The zero-order chi connectivity index (χ0) is 24.6. The smallest absolute Gasteiger partial charge is 0.138 e. The molecule has 0 saturated carbocycles. The molecule has 34 heavy (non-hydrogen) atoms. The number of hydrogen-bond acceptors (Lipinski definition) is 5. The molecule has 1 aliphatic heterocycles. The molecular weight excluding hydrogens is 428 g/mol. The number of hydrogen-bond donors (Lipinski definition) is 3. The van der Waals surface area contributed by atoms with E-state index < -0.39 is 11.7 Å². The molecule has 5 nitrogen and oxygen atoms in total. The Morgan fingerprint density at radius 1 is 1.06 bits per heavy atom. The third-order valence-electron chi connectivity index (χ3n) is 6.59. The summed E-state index contributed by atoms with van der Waals surface area (Å²) in [4.78, 5) is 0. The van der Waals surface area contributed by atoms with Crippen LogP contribution in [-0.2, 0) is 12.8 Å². The van der Waals surface area contributed by atoms with Gasteiger partial charge in [-0.1, -0.05) is 23.3 Å². The second kappa shape index (κ2) is 9.22. The molecule has 0 amide bonds. The first-order valence-electron chi connectivity index (χ1n) is 11.8. The van der Waals surface area contributed by atoms with Crippen LogP contribution in [-0.4, -0.2) is 27.0 Å². The fourth-order valence-corrected chi connectivity index (χ4v) is 4.50. The van der Waals surface area contributed by atoms with E-state index in [9.17, 15) is 15.3 Å². The summed E-state index contributed by atoms with van der Waals surface area (Å²) in [6.07, 6.45) is 5.78. The van der Waals surface area contributed by atoms with Gasteiger partial charge < -0.3 is 24.5 Å². The van der Waals surface area contributed by atoms with Gasteiger partial charge in [0.1, 0.15) is 34.2 Å². The van der Waals surface area contributed by atoms with E-state index in [4.69, 9.17) is 9.15 Å². The highest BCUT2D eigenvalue weighted by molar-refractivity contribution is 5.85. The van der Waals surface area contributed by atoms with E-state index in [0.29, 0.717) is 41.9 Å². The molecule has 0 radical (unpaired) electrons. The van der Waals surface area contributed by atoms with Crippen LogP contribution in [0, 0.1) is 0 Å². The van der Waals surface area contributed by atoms with Crippen molar-refractivity contribution in [2.45, 2.75) is 72.0 Å². The number of aromatic hydroxyl groups is 2. The quantitative estimate of drug-likeness (QED) is 0.350. The van der Waals surface area contributed by atoms with Crippen LogP contribution in [0.5, 0.6) is 17.2 Å². The van der Waals surface area contributed by atoms with Crippen molar-refractivity contribution in [2.24, 2.45) is 0 Å². The van der Waals surface area contributed by atoms with Crippen LogP contribution in [0.4, 0.5) is 0 Å². The Hall–Kier alpha value is -3.18. The molecule has 1 aromatic heterocycles. The molecule has 5 heteroatoms. The first-order chi connectivity index (χ1) is 16.1. The molecule has 2 heterocycles. The Bertz CT molecular complexity index is 1270. The Labute approximate surface area is 201 Å². The van der Waals surface area contributed by atoms with Gasteiger partial charge in [-0.25, -0.2) is 0 Å². The van der Waals surface area contributed by atoms with Crippen molar-refractivity contribution < 1.29 is 24.5 Å². The molecule has 4 rings (SSSR count). The summed E-state index contributed by atoms with van der Waals surface area (Å²) in [7, 11) is 0. The van der Waals surface area contributed by atoms with E-state index in [1.807, 2.05) is 32.9 Å². The van der Waals surface area contributed by atoms with Crippen molar-refractivity contribution in [3.63, 3.8) is 0 Å². The van der Waals surface area contributed by atoms with Crippen molar-refractivity contribution in [2.75, 3.05) is 0 Å². The standard InChI is InChI=1S/C29H34O5/c1-17(2)7-6-12-29(5)27(31)16-23-26(34-29)15-22(21(28(23)32)11-8-18(3)4)25-13-19-9-10-20(30)14-24(19)33-25/h7-10,13-15,27,30-32H,6,11-12,16H2,1-5H3. The zero-order valence-electron chi connectivity index (χ0n) is 20.6. The monoisotopic (exact) mass is 462 g/mol. The predicted molar refractivity (Wildman–Crippen MR) is 136 cm³/mol. The van der Waals surface area contributed by atoms with Crippen molar-refractivity contribution in [1.29, 1.82) is 0 Å². The third-order valence-corrected chi connectivity index (χ3v) is 6.59. The largest absolute Gasteiger partial charge is 0.508 e. The molecule has 3 aromatic rings. The molecule has 0 bridgehead atoms. The zero-order valence-corrected chi connectivity index (χ0v) is 20.6. The van der Waals surface area contributed by atoms with Crippen LogP contribution < -0.4 is 4.74 Å². The average Bonchev–Trinajstić information content (AvgIpc) is 3.17. The van der Waals surface area contributed by atoms with E-state index >= 15 is 0 Å². The number of aliphatic hydroxyl groups excluding tert-OH is 1. The van der Waals surface area contributed by atoms with Gasteiger partial charge in [0.05, 0.1) is 6.10 Å². The molecule has 2 unspecified atom stereocenters. The van der Waals surface area contributed by atoms with Crippen LogP contribution >= 0.6 is 0 Å². The summed E-state index contributed by atoms with van der Waals surface area (Å²) < 4.78 is 12.5. The van der Waals surface area contributed by atoms with Gasteiger partial charge in [0.2, 0.25) is 0 Å². The van der Waals surface area contributed by atoms with Crippen LogP contribution in [0.15, 0.2) is 58.0 Å². The average molecular weight is 463 g/mol. The molecule has 180 valence electrons. The van der Waals surface area contributed by atoms with Gasteiger partial charge in [-0.3, -0.25) is 0 Å². The lowest BCUT2D eigenvalue weighted by molar-refractivity contribution is -0.0592. The maximum Gasteiger partial charge on any atom is 0.138 e. The first kappa shape index (κ1) is 24.0. The highest BCUT2D eigenvalue weighted by atomic mass is 16.5. The minimum Gasteiger partial charge on any atom is -0.508 e. The lowest BCUT2D eigenvalue weighted by atomic mass is 9.83. The Kier molecular flexibility index (Phi) is 6.50. The molecule has 2 atom stereocenters. The van der Waals surface area contributed by atoms with Crippen molar-refractivity contribution >= 4 is 11.0 Å². The second-order valence-corrected chi connectivity index (χ2v) is 10.0. The summed E-state index contributed by atoms with van der Waals surface area (Å²) in [6, 6.07) is 8.84. The number of benzene rings is 2. The molecule has 0 fully saturated rings. The van der Waals surface area contributed by atoms with Gasteiger partial charge in [0.15, 0.2) is 0 Å². The lowest BCUT2D eigenvalue weighted by Gasteiger charge is -2.40. The SMILES string of the molecule is CC(C)=CCCC1(C)Oc2cc(-c3cc4ccc(O)cc4o3)c(CC=C(C)C)c(O)c2CC1O. The maximum atomic E-state index is 11.3. The molecule has 3 N–H and O–H groups in total. The fraction of sp³-hybridized carbons (Fsp3) is 0.379. The first-order valence-corrected chi connectivity index (χ1v) is 11.8.